The van der Waals surface area contributed by atoms with Crippen LogP contribution in [0.2, 0.25) is 0 Å². The van der Waals surface area contributed by atoms with Crippen LogP contribution in [0.5, 0.6) is 17.2 Å². The third kappa shape index (κ3) is 4.17. The maximum absolute atomic E-state index is 12.5. The molecule has 132 valence electrons. The Hall–Kier alpha value is -2.96. The normalized spacial score (nSPS) is 11.6. The third-order valence-corrected chi connectivity index (χ3v) is 4.38. The summed E-state index contributed by atoms with van der Waals surface area (Å²) in [5.41, 5.74) is 1.11. The van der Waals surface area contributed by atoms with E-state index < -0.39 is 11.1 Å². The van der Waals surface area contributed by atoms with Crippen molar-refractivity contribution in [3.63, 3.8) is 0 Å². The van der Waals surface area contributed by atoms with Crippen molar-refractivity contribution in [2.45, 2.75) is 4.90 Å². The third-order valence-electron chi connectivity index (χ3n) is 3.72. The van der Waals surface area contributed by atoms with Crippen LogP contribution in [0.3, 0.4) is 0 Å². The molecule has 1 atom stereocenters. The molecule has 0 amide bonds. The predicted octanol–water partition coefficient (Wildman–Crippen LogP) is 3.96. The van der Waals surface area contributed by atoms with Gasteiger partial charge in [0.1, 0.15) is 17.2 Å². The van der Waals surface area contributed by atoms with Gasteiger partial charge in [-0.05, 0) is 83.9 Å². The summed E-state index contributed by atoms with van der Waals surface area (Å²) < 4.78 is 32.4. The highest BCUT2D eigenvalue weighted by Gasteiger charge is 2.09. The van der Waals surface area contributed by atoms with E-state index in [2.05, 4.69) is 0 Å². The molecule has 0 spiro atoms. The molecule has 26 heavy (non-hydrogen) atoms. The first kappa shape index (κ1) is 17.8. The minimum absolute atomic E-state index is 0.0959. The quantitative estimate of drug-likeness (QED) is 0.487. The van der Waals surface area contributed by atoms with Gasteiger partial charge in [0.05, 0.1) is 7.11 Å². The monoisotopic (exact) mass is 367 g/mol. The van der Waals surface area contributed by atoms with E-state index in [9.17, 15) is 13.6 Å². The van der Waals surface area contributed by atoms with E-state index in [1.165, 1.54) is 12.1 Å². The zero-order chi connectivity index (χ0) is 18.5. The molecule has 0 saturated carbocycles. The Kier molecular flexibility index (Phi) is 5.46. The van der Waals surface area contributed by atoms with Gasteiger partial charge in [0.2, 0.25) is 0 Å². The molecule has 0 bridgehead atoms. The van der Waals surface area contributed by atoms with E-state index in [1.54, 1.807) is 67.8 Å². The van der Waals surface area contributed by atoms with E-state index in [1.807, 2.05) is 0 Å². The molecule has 0 radical (unpaired) electrons. The van der Waals surface area contributed by atoms with Gasteiger partial charge in [-0.25, -0.2) is 0 Å². The van der Waals surface area contributed by atoms with Gasteiger partial charge >= 0.3 is 0 Å². The number of rotatable bonds is 6. The molecule has 0 aliphatic heterocycles. The standard InChI is InChI=1S/C20H16O5S/c1-24-16-6-2-14(3-7-16)20(21)15-4-8-17(9-5-15)25-18-10-12-19(13-11-18)26(22)23/h2-13H,1H3,(H,22,23)/p-1. The van der Waals surface area contributed by atoms with Crippen molar-refractivity contribution in [1.29, 1.82) is 0 Å². The van der Waals surface area contributed by atoms with Crippen LogP contribution in [0.15, 0.2) is 77.7 Å². The summed E-state index contributed by atoms with van der Waals surface area (Å²) in [4.78, 5) is 12.7. The molecule has 3 aromatic carbocycles. The largest absolute Gasteiger partial charge is 0.768 e. The molecule has 6 heteroatoms. The van der Waals surface area contributed by atoms with Crippen LogP contribution < -0.4 is 9.47 Å². The van der Waals surface area contributed by atoms with E-state index in [-0.39, 0.29) is 10.7 Å². The molecule has 5 nitrogen and oxygen atoms in total. The van der Waals surface area contributed by atoms with Crippen molar-refractivity contribution in [1.82, 2.24) is 0 Å². The second kappa shape index (κ2) is 7.95. The summed E-state index contributed by atoms with van der Waals surface area (Å²) in [6.45, 7) is 0. The summed E-state index contributed by atoms with van der Waals surface area (Å²) in [5, 5.41) is 0. The first-order valence-electron chi connectivity index (χ1n) is 7.73. The summed E-state index contributed by atoms with van der Waals surface area (Å²) in [6.07, 6.45) is 0. The van der Waals surface area contributed by atoms with E-state index in [4.69, 9.17) is 9.47 Å². The zero-order valence-electron chi connectivity index (χ0n) is 13.9. The number of ketones is 1. The highest BCUT2D eigenvalue weighted by Crippen LogP contribution is 2.23. The number of benzene rings is 3. The van der Waals surface area contributed by atoms with Gasteiger partial charge in [0.15, 0.2) is 5.78 Å². The second-order valence-electron chi connectivity index (χ2n) is 5.39. The Morgan fingerprint density at radius 2 is 1.19 bits per heavy atom. The lowest BCUT2D eigenvalue weighted by atomic mass is 10.0. The average Bonchev–Trinajstić information content (AvgIpc) is 2.68. The van der Waals surface area contributed by atoms with Crippen LogP contribution in [0.4, 0.5) is 0 Å². The van der Waals surface area contributed by atoms with Crippen molar-refractivity contribution in [3.8, 4) is 17.2 Å². The topological polar surface area (TPSA) is 75.7 Å². The fraction of sp³-hybridized carbons (Fsp3) is 0.0500. The van der Waals surface area contributed by atoms with Gasteiger partial charge in [0, 0.05) is 16.0 Å². The molecular weight excluding hydrogens is 352 g/mol. The fourth-order valence-electron chi connectivity index (χ4n) is 2.34. The molecule has 0 fully saturated rings. The van der Waals surface area contributed by atoms with Crippen molar-refractivity contribution >= 4 is 16.9 Å². The molecule has 0 heterocycles. The van der Waals surface area contributed by atoms with Crippen molar-refractivity contribution in [2.75, 3.05) is 7.11 Å². The van der Waals surface area contributed by atoms with Crippen LogP contribution in [0.25, 0.3) is 0 Å². The number of ether oxygens (including phenoxy) is 2. The van der Waals surface area contributed by atoms with E-state index in [0.717, 1.165) is 0 Å². The van der Waals surface area contributed by atoms with Gasteiger partial charge in [-0.15, -0.1) is 0 Å². The van der Waals surface area contributed by atoms with Gasteiger partial charge in [-0.2, -0.15) is 0 Å². The Bertz CT molecular complexity index is 916. The zero-order valence-corrected chi connectivity index (χ0v) is 14.7. The minimum atomic E-state index is -2.26. The first-order valence-corrected chi connectivity index (χ1v) is 8.80. The van der Waals surface area contributed by atoms with Crippen LogP contribution >= 0.6 is 0 Å². The van der Waals surface area contributed by atoms with Crippen LogP contribution in [0, 0.1) is 0 Å². The molecular formula is C20H15O5S-. The van der Waals surface area contributed by atoms with Crippen molar-refractivity contribution in [3.05, 3.63) is 83.9 Å². The van der Waals surface area contributed by atoms with Crippen LogP contribution in [-0.4, -0.2) is 21.7 Å². The van der Waals surface area contributed by atoms with Crippen molar-refractivity contribution < 1.29 is 23.0 Å². The van der Waals surface area contributed by atoms with Crippen molar-refractivity contribution in [2.24, 2.45) is 0 Å². The van der Waals surface area contributed by atoms with Gasteiger partial charge in [-0.1, -0.05) is 0 Å². The number of hydrogen-bond donors (Lipinski definition) is 0. The molecule has 0 saturated heterocycles. The predicted molar refractivity (Wildman–Crippen MR) is 96.6 cm³/mol. The van der Waals surface area contributed by atoms with E-state index >= 15 is 0 Å². The second-order valence-corrected chi connectivity index (χ2v) is 6.33. The summed E-state index contributed by atoms with van der Waals surface area (Å²) >= 11 is -2.26. The van der Waals surface area contributed by atoms with Crippen LogP contribution in [-0.2, 0) is 11.1 Å². The van der Waals surface area contributed by atoms with Gasteiger partial charge in [-0.3, -0.25) is 9.00 Å². The maximum atomic E-state index is 12.5. The average molecular weight is 367 g/mol. The highest BCUT2D eigenvalue weighted by molar-refractivity contribution is 7.79. The molecule has 1 unspecified atom stereocenters. The molecule has 0 N–H and O–H groups in total. The molecule has 0 aliphatic rings. The number of carbonyl (C=O) groups is 1. The first-order chi connectivity index (χ1) is 12.6. The maximum Gasteiger partial charge on any atom is 0.193 e. The Morgan fingerprint density at radius 3 is 1.62 bits per heavy atom. The van der Waals surface area contributed by atoms with Gasteiger partial charge < -0.3 is 14.0 Å². The molecule has 0 aromatic heterocycles. The van der Waals surface area contributed by atoms with Crippen LogP contribution in [0.1, 0.15) is 15.9 Å². The molecule has 0 aliphatic carbocycles. The molecule has 3 rings (SSSR count). The highest BCUT2D eigenvalue weighted by atomic mass is 32.2. The summed E-state index contributed by atoms with van der Waals surface area (Å²) in [5.74, 6) is 1.65. The Balaban J connectivity index is 1.71. The summed E-state index contributed by atoms with van der Waals surface area (Å²) in [6, 6.07) is 19.7. The number of hydrogen-bond acceptors (Lipinski definition) is 5. The molecule has 3 aromatic rings. The Morgan fingerprint density at radius 1 is 0.769 bits per heavy atom. The number of carbonyl (C=O) groups excluding carboxylic acids is 1. The smallest absolute Gasteiger partial charge is 0.193 e. The van der Waals surface area contributed by atoms with Gasteiger partial charge in [0.25, 0.3) is 0 Å². The van der Waals surface area contributed by atoms with E-state index in [0.29, 0.717) is 28.4 Å². The SMILES string of the molecule is COc1ccc(C(=O)c2ccc(Oc3ccc(S(=O)[O-])cc3)cc2)cc1. The summed E-state index contributed by atoms with van der Waals surface area (Å²) in [7, 11) is 1.57. The minimum Gasteiger partial charge on any atom is -0.768 e. The lowest BCUT2D eigenvalue weighted by molar-refractivity contribution is 0.103. The Labute approximate surface area is 153 Å². The lowest BCUT2D eigenvalue weighted by Crippen LogP contribution is -2.01. The number of methoxy groups -OCH3 is 1. The lowest BCUT2D eigenvalue weighted by Gasteiger charge is -2.09. The fourth-order valence-corrected chi connectivity index (χ4v) is 2.70.